The van der Waals surface area contributed by atoms with Gasteiger partial charge in [0.05, 0.1) is 16.6 Å². The Bertz CT molecular complexity index is 625. The monoisotopic (exact) mass is 334 g/mol. The maximum absolute atomic E-state index is 12.7. The Labute approximate surface area is 129 Å². The molecule has 7 heteroatoms. The lowest BCUT2D eigenvalue weighted by Crippen LogP contribution is -2.29. The molecule has 3 N–H and O–H groups in total. The normalized spacial score (nSPS) is 13.4. The molecule has 1 heterocycles. The minimum Gasteiger partial charge on any atom is -0.271 e. The van der Waals surface area contributed by atoms with Crippen molar-refractivity contribution in [3.05, 3.63) is 56.2 Å². The first-order valence-electron chi connectivity index (χ1n) is 6.18. The molecule has 2 aromatic rings. The molecule has 0 amide bonds. The van der Waals surface area contributed by atoms with Gasteiger partial charge in [-0.2, -0.15) is 13.2 Å². The molecule has 0 bridgehead atoms. The van der Waals surface area contributed by atoms with Gasteiger partial charge >= 0.3 is 6.18 Å². The van der Waals surface area contributed by atoms with Gasteiger partial charge in [-0.1, -0.05) is 29.8 Å². The fraction of sp³-hybridized carbons (Fsp3) is 0.286. The summed E-state index contributed by atoms with van der Waals surface area (Å²) in [4.78, 5) is 0.828. The lowest BCUT2D eigenvalue weighted by molar-refractivity contribution is -0.137. The van der Waals surface area contributed by atoms with E-state index in [0.717, 1.165) is 22.6 Å². The summed E-state index contributed by atoms with van der Waals surface area (Å²) in [6.07, 6.45) is -4.01. The molecule has 1 aromatic carbocycles. The first kappa shape index (κ1) is 16.3. The van der Waals surface area contributed by atoms with Crippen molar-refractivity contribution in [1.29, 1.82) is 0 Å². The molecule has 0 aliphatic rings. The van der Waals surface area contributed by atoms with Crippen LogP contribution in [0.4, 0.5) is 13.2 Å². The summed E-state index contributed by atoms with van der Waals surface area (Å²) < 4.78 is 38.2. The molecular weight excluding hydrogens is 321 g/mol. The molecule has 0 aliphatic carbocycles. The van der Waals surface area contributed by atoms with Gasteiger partial charge in [-0.15, -0.1) is 11.3 Å². The number of halogens is 4. The van der Waals surface area contributed by atoms with Crippen LogP contribution in [0, 0.1) is 6.92 Å². The fourth-order valence-electron chi connectivity index (χ4n) is 2.02. The maximum atomic E-state index is 12.7. The Morgan fingerprint density at radius 3 is 2.62 bits per heavy atom. The number of thiophene rings is 1. The molecule has 1 unspecified atom stereocenters. The van der Waals surface area contributed by atoms with Crippen molar-refractivity contribution in [3.8, 4) is 0 Å². The number of aryl methyl sites for hydroxylation is 1. The van der Waals surface area contributed by atoms with E-state index in [9.17, 15) is 13.2 Å². The summed E-state index contributed by atoms with van der Waals surface area (Å²) in [5, 5.41) is 2.50. The largest absolute Gasteiger partial charge is 0.416 e. The standard InChI is InChI=1S/C14H14ClF3N2S/c1-8-7-21-13(12(8)15)11(20-19)6-9-3-2-4-10(5-9)14(16,17)18/h2-5,7,11,20H,6,19H2,1H3. The van der Waals surface area contributed by atoms with Crippen LogP contribution in [0.25, 0.3) is 0 Å². The molecule has 0 fully saturated rings. The first-order valence-corrected chi connectivity index (χ1v) is 7.44. The molecule has 114 valence electrons. The highest BCUT2D eigenvalue weighted by atomic mass is 35.5. The number of alkyl halides is 3. The molecule has 0 aliphatic heterocycles. The number of nitrogens with two attached hydrogens (primary N) is 1. The maximum Gasteiger partial charge on any atom is 0.416 e. The van der Waals surface area contributed by atoms with E-state index in [4.69, 9.17) is 17.4 Å². The lowest BCUT2D eigenvalue weighted by Gasteiger charge is -2.16. The second-order valence-corrected chi connectivity index (χ2v) is 6.01. The molecule has 0 saturated heterocycles. The summed E-state index contributed by atoms with van der Waals surface area (Å²) in [5.41, 5.74) is 3.44. The predicted molar refractivity (Wildman–Crippen MR) is 79.3 cm³/mol. The first-order chi connectivity index (χ1) is 9.82. The van der Waals surface area contributed by atoms with Gasteiger partial charge in [-0.05, 0) is 35.9 Å². The highest BCUT2D eigenvalue weighted by Crippen LogP contribution is 2.35. The minimum absolute atomic E-state index is 0.320. The van der Waals surface area contributed by atoms with Crippen molar-refractivity contribution < 1.29 is 13.2 Å². The van der Waals surface area contributed by atoms with E-state index in [2.05, 4.69) is 5.43 Å². The third-order valence-corrected chi connectivity index (χ3v) is 4.96. The van der Waals surface area contributed by atoms with Crippen molar-refractivity contribution in [2.24, 2.45) is 5.84 Å². The van der Waals surface area contributed by atoms with E-state index in [1.165, 1.54) is 17.4 Å². The SMILES string of the molecule is Cc1csc(C(Cc2cccc(C(F)(F)F)c2)NN)c1Cl. The Kier molecular flexibility index (Phi) is 4.93. The minimum atomic E-state index is -4.35. The molecular formula is C14H14ClF3N2S. The summed E-state index contributed by atoms with van der Waals surface area (Å²) >= 11 is 7.63. The van der Waals surface area contributed by atoms with Crippen LogP contribution in [-0.4, -0.2) is 0 Å². The van der Waals surface area contributed by atoms with E-state index >= 15 is 0 Å². The van der Waals surface area contributed by atoms with Gasteiger partial charge in [0, 0.05) is 4.88 Å². The fourth-order valence-corrected chi connectivity index (χ4v) is 3.41. The molecule has 1 atom stereocenters. The molecule has 1 aromatic heterocycles. The van der Waals surface area contributed by atoms with Crippen molar-refractivity contribution in [2.45, 2.75) is 25.6 Å². The summed E-state index contributed by atoms with van der Waals surface area (Å²) in [5.74, 6) is 5.53. The summed E-state index contributed by atoms with van der Waals surface area (Å²) in [7, 11) is 0. The van der Waals surface area contributed by atoms with Crippen LogP contribution in [-0.2, 0) is 12.6 Å². The quantitative estimate of drug-likeness (QED) is 0.639. The lowest BCUT2D eigenvalue weighted by atomic mass is 10.0. The second kappa shape index (κ2) is 6.36. The molecule has 0 saturated carbocycles. The molecule has 2 nitrogen and oxygen atoms in total. The number of nitrogens with one attached hydrogen (secondary N) is 1. The average molecular weight is 335 g/mol. The zero-order valence-electron chi connectivity index (χ0n) is 11.2. The van der Waals surface area contributed by atoms with E-state index in [-0.39, 0.29) is 6.04 Å². The van der Waals surface area contributed by atoms with Crippen LogP contribution in [0.1, 0.15) is 27.6 Å². The van der Waals surface area contributed by atoms with E-state index in [1.807, 2.05) is 12.3 Å². The molecule has 2 rings (SSSR count). The molecule has 0 radical (unpaired) electrons. The van der Waals surface area contributed by atoms with Gasteiger partial charge in [-0.3, -0.25) is 11.3 Å². The average Bonchev–Trinajstić information content (AvgIpc) is 2.76. The van der Waals surface area contributed by atoms with Crippen molar-refractivity contribution in [2.75, 3.05) is 0 Å². The number of hydrogen-bond acceptors (Lipinski definition) is 3. The Hall–Kier alpha value is -1.08. The second-order valence-electron chi connectivity index (χ2n) is 4.72. The van der Waals surface area contributed by atoms with Crippen LogP contribution >= 0.6 is 22.9 Å². The van der Waals surface area contributed by atoms with Crippen molar-refractivity contribution in [3.63, 3.8) is 0 Å². The summed E-state index contributed by atoms with van der Waals surface area (Å²) in [6, 6.07) is 4.91. The molecule has 21 heavy (non-hydrogen) atoms. The number of hydrogen-bond donors (Lipinski definition) is 2. The van der Waals surface area contributed by atoms with Gasteiger partial charge in [0.2, 0.25) is 0 Å². The highest BCUT2D eigenvalue weighted by Gasteiger charge is 2.30. The predicted octanol–water partition coefficient (Wildman–Crippen LogP) is 4.48. The Morgan fingerprint density at radius 2 is 2.10 bits per heavy atom. The molecule has 0 spiro atoms. The van der Waals surface area contributed by atoms with E-state index < -0.39 is 11.7 Å². The zero-order chi connectivity index (χ0) is 15.6. The third-order valence-electron chi connectivity index (χ3n) is 3.14. The third kappa shape index (κ3) is 3.77. The van der Waals surface area contributed by atoms with Crippen LogP contribution in [0.2, 0.25) is 5.02 Å². The van der Waals surface area contributed by atoms with Crippen molar-refractivity contribution >= 4 is 22.9 Å². The Balaban J connectivity index is 2.25. The summed E-state index contributed by atoms with van der Waals surface area (Å²) in [6.45, 7) is 1.88. The van der Waals surface area contributed by atoms with Gasteiger partial charge in [-0.25, -0.2) is 0 Å². The number of rotatable bonds is 4. The van der Waals surface area contributed by atoms with E-state index in [0.29, 0.717) is 17.0 Å². The van der Waals surface area contributed by atoms with Gasteiger partial charge in [0.25, 0.3) is 0 Å². The van der Waals surface area contributed by atoms with Gasteiger partial charge in [0.1, 0.15) is 0 Å². The van der Waals surface area contributed by atoms with Crippen LogP contribution in [0.5, 0.6) is 0 Å². The number of benzene rings is 1. The van der Waals surface area contributed by atoms with Gasteiger partial charge in [0.15, 0.2) is 0 Å². The smallest absolute Gasteiger partial charge is 0.271 e. The topological polar surface area (TPSA) is 38.0 Å². The number of hydrazine groups is 1. The van der Waals surface area contributed by atoms with Crippen LogP contribution < -0.4 is 11.3 Å². The van der Waals surface area contributed by atoms with Crippen LogP contribution in [0.3, 0.4) is 0 Å². The zero-order valence-corrected chi connectivity index (χ0v) is 12.7. The van der Waals surface area contributed by atoms with Gasteiger partial charge < -0.3 is 0 Å². The Morgan fingerprint density at radius 1 is 1.38 bits per heavy atom. The van der Waals surface area contributed by atoms with Crippen LogP contribution in [0.15, 0.2) is 29.6 Å². The van der Waals surface area contributed by atoms with Crippen molar-refractivity contribution in [1.82, 2.24) is 5.43 Å². The van der Waals surface area contributed by atoms with E-state index in [1.54, 1.807) is 6.07 Å². The highest BCUT2D eigenvalue weighted by molar-refractivity contribution is 7.10.